The Labute approximate surface area is 165 Å². The Bertz CT molecular complexity index is 843. The van der Waals surface area contributed by atoms with Gasteiger partial charge in [0.25, 0.3) is 0 Å². The summed E-state index contributed by atoms with van der Waals surface area (Å²) in [5.41, 5.74) is 5.83. The molecule has 0 saturated heterocycles. The summed E-state index contributed by atoms with van der Waals surface area (Å²) in [7, 11) is 3.51. The lowest BCUT2D eigenvalue weighted by atomic mass is 9.97. The highest BCUT2D eigenvalue weighted by Crippen LogP contribution is 2.20. The van der Waals surface area contributed by atoms with E-state index in [1.807, 2.05) is 0 Å². The molecule has 0 fully saturated rings. The molecule has 2 atom stereocenters. The summed E-state index contributed by atoms with van der Waals surface area (Å²) in [4.78, 5) is 31.3. The molecule has 1 aromatic carbocycles. The first-order chi connectivity index (χ1) is 13.2. The number of anilines is 1. The first-order valence-electron chi connectivity index (χ1n) is 8.56. The molecular formula is C18H23F2N5O2S. The first-order valence-corrected chi connectivity index (χ1v) is 9.37. The number of nitrogens with two attached hydrogens (primary N) is 1. The fourth-order valence-electron chi connectivity index (χ4n) is 2.38. The van der Waals surface area contributed by atoms with E-state index >= 15 is 0 Å². The summed E-state index contributed by atoms with van der Waals surface area (Å²) in [6, 6.07) is 2.84. The molecule has 0 aliphatic rings. The first kappa shape index (κ1) is 21.7. The van der Waals surface area contributed by atoms with Crippen LogP contribution in [0.1, 0.15) is 23.3 Å². The van der Waals surface area contributed by atoms with Gasteiger partial charge in [-0.3, -0.25) is 14.5 Å². The maximum Gasteiger partial charge on any atom is 0.237 e. The van der Waals surface area contributed by atoms with Crippen molar-refractivity contribution in [2.24, 2.45) is 0 Å². The molecule has 0 saturated carbocycles. The number of hydrogen-bond acceptors (Lipinski definition) is 6. The third-order valence-corrected chi connectivity index (χ3v) is 5.13. The molecule has 0 unspecified atom stereocenters. The van der Waals surface area contributed by atoms with Crippen molar-refractivity contribution >= 4 is 28.3 Å². The van der Waals surface area contributed by atoms with E-state index in [1.165, 1.54) is 17.4 Å². The highest BCUT2D eigenvalue weighted by Gasteiger charge is 2.24. The lowest BCUT2D eigenvalue weighted by Crippen LogP contribution is -2.44. The Kier molecular flexibility index (Phi) is 7.41. The standard InChI is InChI=1S/C18H23F2N5O2S/c1-10(25(2)3)16(26)23-9-13(11-4-5-14(19)15(20)6-11)17(27)22-7-12-8-24-18(21)28-12/h4-6,8,10,13H,7,9H2,1-3H3,(H2,21,24)(H,22,27)(H,23,26)/t10-,13-/m1/s1. The van der Waals surface area contributed by atoms with Crippen molar-refractivity contribution in [3.8, 4) is 0 Å². The van der Waals surface area contributed by atoms with Gasteiger partial charge in [0.2, 0.25) is 11.8 Å². The summed E-state index contributed by atoms with van der Waals surface area (Å²) >= 11 is 1.23. The van der Waals surface area contributed by atoms with Crippen LogP contribution in [0, 0.1) is 11.6 Å². The Morgan fingerprint density at radius 2 is 1.93 bits per heavy atom. The van der Waals surface area contributed by atoms with Crippen LogP contribution in [0.5, 0.6) is 0 Å². The number of amides is 2. The Morgan fingerprint density at radius 1 is 1.21 bits per heavy atom. The van der Waals surface area contributed by atoms with Gasteiger partial charge in [-0.25, -0.2) is 13.8 Å². The molecule has 28 heavy (non-hydrogen) atoms. The van der Waals surface area contributed by atoms with E-state index in [9.17, 15) is 18.4 Å². The zero-order valence-corrected chi connectivity index (χ0v) is 16.6. The van der Waals surface area contributed by atoms with E-state index < -0.39 is 29.5 Å². The molecule has 0 aliphatic carbocycles. The molecule has 2 aromatic rings. The average Bonchev–Trinajstić information content (AvgIpc) is 3.07. The molecule has 0 bridgehead atoms. The molecule has 10 heteroatoms. The fraction of sp³-hybridized carbons (Fsp3) is 0.389. The Morgan fingerprint density at radius 3 is 2.50 bits per heavy atom. The molecule has 2 rings (SSSR count). The van der Waals surface area contributed by atoms with Crippen molar-refractivity contribution in [1.29, 1.82) is 0 Å². The summed E-state index contributed by atoms with van der Waals surface area (Å²) in [5, 5.41) is 5.79. The number of thiazole rings is 1. The van der Waals surface area contributed by atoms with Gasteiger partial charge >= 0.3 is 0 Å². The monoisotopic (exact) mass is 411 g/mol. The van der Waals surface area contributed by atoms with Crippen molar-refractivity contribution in [3.63, 3.8) is 0 Å². The van der Waals surface area contributed by atoms with Crippen LogP contribution in [0.15, 0.2) is 24.4 Å². The van der Waals surface area contributed by atoms with Gasteiger partial charge in [-0.05, 0) is 38.7 Å². The average molecular weight is 411 g/mol. The number of hydrogen-bond donors (Lipinski definition) is 3. The quantitative estimate of drug-likeness (QED) is 0.611. The van der Waals surface area contributed by atoms with Crippen molar-refractivity contribution in [1.82, 2.24) is 20.5 Å². The Hall–Kier alpha value is -2.59. The van der Waals surface area contributed by atoms with E-state index in [-0.39, 0.29) is 24.6 Å². The second-order valence-corrected chi connectivity index (χ2v) is 7.64. The Balaban J connectivity index is 2.13. The third-order valence-electron chi connectivity index (χ3n) is 4.31. The van der Waals surface area contributed by atoms with Crippen LogP contribution in [-0.4, -0.2) is 48.4 Å². The van der Waals surface area contributed by atoms with Crippen LogP contribution in [-0.2, 0) is 16.1 Å². The highest BCUT2D eigenvalue weighted by molar-refractivity contribution is 7.15. The van der Waals surface area contributed by atoms with Gasteiger partial charge in [-0.2, -0.15) is 0 Å². The number of nitrogen functional groups attached to an aromatic ring is 1. The van der Waals surface area contributed by atoms with Gasteiger partial charge in [0, 0.05) is 17.6 Å². The van der Waals surface area contributed by atoms with Gasteiger partial charge in [-0.15, -0.1) is 11.3 Å². The summed E-state index contributed by atoms with van der Waals surface area (Å²) in [5.74, 6) is -3.66. The normalized spacial score (nSPS) is 13.2. The highest BCUT2D eigenvalue weighted by atomic mass is 32.1. The zero-order valence-electron chi connectivity index (χ0n) is 15.8. The van der Waals surface area contributed by atoms with Crippen LogP contribution in [0.2, 0.25) is 0 Å². The second-order valence-electron chi connectivity index (χ2n) is 6.49. The van der Waals surface area contributed by atoms with E-state index in [2.05, 4.69) is 15.6 Å². The van der Waals surface area contributed by atoms with Crippen LogP contribution >= 0.6 is 11.3 Å². The van der Waals surface area contributed by atoms with E-state index in [1.54, 1.807) is 32.1 Å². The topological polar surface area (TPSA) is 100 Å². The molecule has 2 amide bonds. The summed E-state index contributed by atoms with van der Waals surface area (Å²) < 4.78 is 26.9. The van der Waals surface area contributed by atoms with Crippen molar-refractivity contribution in [3.05, 3.63) is 46.5 Å². The second kappa shape index (κ2) is 9.56. The lowest BCUT2D eigenvalue weighted by molar-refractivity contribution is -0.125. The fourth-order valence-corrected chi connectivity index (χ4v) is 3.00. The largest absolute Gasteiger partial charge is 0.375 e. The van der Waals surface area contributed by atoms with Crippen LogP contribution in [0.25, 0.3) is 0 Å². The molecule has 1 aromatic heterocycles. The van der Waals surface area contributed by atoms with Crippen molar-refractivity contribution < 1.29 is 18.4 Å². The molecule has 152 valence electrons. The maximum absolute atomic E-state index is 13.7. The number of benzene rings is 1. The van der Waals surface area contributed by atoms with Crippen LogP contribution in [0.4, 0.5) is 13.9 Å². The zero-order chi connectivity index (χ0) is 20.8. The van der Waals surface area contributed by atoms with Crippen LogP contribution < -0.4 is 16.4 Å². The molecule has 0 spiro atoms. The van der Waals surface area contributed by atoms with Gasteiger partial charge in [-0.1, -0.05) is 6.07 Å². The number of likely N-dealkylation sites (N-methyl/N-ethyl adjacent to an activating group) is 1. The SMILES string of the molecule is C[C@H](C(=O)NC[C@@H](C(=O)NCc1cnc(N)s1)c1ccc(F)c(F)c1)N(C)C. The maximum atomic E-state index is 13.7. The minimum Gasteiger partial charge on any atom is -0.375 e. The van der Waals surface area contributed by atoms with Crippen molar-refractivity contribution in [2.45, 2.75) is 25.4 Å². The van der Waals surface area contributed by atoms with E-state index in [0.717, 1.165) is 17.0 Å². The summed E-state index contributed by atoms with van der Waals surface area (Å²) in [6.07, 6.45) is 1.55. The van der Waals surface area contributed by atoms with E-state index in [0.29, 0.717) is 5.13 Å². The van der Waals surface area contributed by atoms with Crippen molar-refractivity contribution in [2.75, 3.05) is 26.4 Å². The number of carbonyl (C=O) groups excluding carboxylic acids is 2. The number of nitrogens with one attached hydrogen (secondary N) is 2. The molecule has 7 nitrogen and oxygen atoms in total. The van der Waals surface area contributed by atoms with Crippen LogP contribution in [0.3, 0.4) is 0 Å². The molecule has 4 N–H and O–H groups in total. The number of rotatable bonds is 8. The predicted molar refractivity (Wildman–Crippen MR) is 104 cm³/mol. The number of aromatic nitrogens is 1. The lowest BCUT2D eigenvalue weighted by Gasteiger charge is -2.22. The van der Waals surface area contributed by atoms with Gasteiger partial charge in [0.15, 0.2) is 16.8 Å². The smallest absolute Gasteiger partial charge is 0.237 e. The predicted octanol–water partition coefficient (Wildman–Crippen LogP) is 1.47. The molecule has 1 heterocycles. The molecule has 0 radical (unpaired) electrons. The minimum atomic E-state index is -1.06. The third kappa shape index (κ3) is 5.70. The summed E-state index contributed by atoms with van der Waals surface area (Å²) in [6.45, 7) is 1.85. The van der Waals surface area contributed by atoms with E-state index in [4.69, 9.17) is 5.73 Å². The number of carbonyl (C=O) groups is 2. The number of nitrogens with zero attached hydrogens (tertiary/aromatic N) is 2. The molecular weight excluding hydrogens is 388 g/mol. The van der Waals surface area contributed by atoms with Gasteiger partial charge < -0.3 is 16.4 Å². The van der Waals surface area contributed by atoms with Gasteiger partial charge in [0.1, 0.15) is 0 Å². The minimum absolute atomic E-state index is 0.0568. The van der Waals surface area contributed by atoms with Gasteiger partial charge in [0.05, 0.1) is 18.5 Å². The molecule has 0 aliphatic heterocycles. The number of halogens is 2.